The normalized spacial score (nSPS) is 15.8. The topological polar surface area (TPSA) is 194 Å². The van der Waals surface area contributed by atoms with Crippen LogP contribution in [0.2, 0.25) is 0 Å². The Morgan fingerprint density at radius 3 is 2.72 bits per heavy atom. The van der Waals surface area contributed by atoms with Crippen LogP contribution in [0.15, 0.2) is 51.2 Å². The first-order chi connectivity index (χ1) is 18.5. The third-order valence-corrected chi connectivity index (χ3v) is 5.98. The Bertz CT molecular complexity index is 1330. The van der Waals surface area contributed by atoms with Crippen LogP contribution in [0.1, 0.15) is 31.0 Å². The Morgan fingerprint density at radius 2 is 2.05 bits per heavy atom. The van der Waals surface area contributed by atoms with E-state index in [-0.39, 0.29) is 29.0 Å². The van der Waals surface area contributed by atoms with Gasteiger partial charge in [0.05, 0.1) is 40.9 Å². The van der Waals surface area contributed by atoms with E-state index in [0.717, 1.165) is 6.07 Å². The van der Waals surface area contributed by atoms with Crippen molar-refractivity contribution in [2.75, 3.05) is 20.3 Å². The zero-order valence-electron chi connectivity index (χ0n) is 21.1. The van der Waals surface area contributed by atoms with Gasteiger partial charge in [-0.25, -0.2) is 9.59 Å². The minimum Gasteiger partial charge on any atom is -0.501 e. The Hall–Kier alpha value is -4.37. The summed E-state index contributed by atoms with van der Waals surface area (Å²) in [5, 5.41) is 40.1. The molecule has 0 fully saturated rings. The average molecular weight is 608 g/mol. The molecule has 0 aliphatic carbocycles. The second-order valence-corrected chi connectivity index (χ2v) is 8.90. The number of aliphatic hydroxyl groups is 1. The first-order valence-corrected chi connectivity index (χ1v) is 12.2. The van der Waals surface area contributed by atoms with Crippen molar-refractivity contribution in [3.8, 4) is 17.2 Å². The van der Waals surface area contributed by atoms with Crippen LogP contribution in [-0.4, -0.2) is 59.9 Å². The summed E-state index contributed by atoms with van der Waals surface area (Å²) in [4.78, 5) is 34.8. The SMILES string of the molecule is CCOc1cc([C@@H]2NC(=O)NC(C)=C2C(=O)OC)ccc1OC[C@H](O)N/N=C\c1cc(Br)c(O)c([N+](=O)[O-])c1. The molecule has 208 valence electrons. The van der Waals surface area contributed by atoms with E-state index >= 15 is 0 Å². The van der Waals surface area contributed by atoms with Gasteiger partial charge in [0.15, 0.2) is 17.7 Å². The van der Waals surface area contributed by atoms with E-state index in [9.17, 15) is 29.9 Å². The number of hydrazone groups is 1. The molecule has 1 aliphatic rings. The fourth-order valence-corrected chi connectivity index (χ4v) is 4.11. The molecular formula is C24H26BrN5O9. The van der Waals surface area contributed by atoms with Gasteiger partial charge in [-0.15, -0.1) is 0 Å². The largest absolute Gasteiger partial charge is 0.501 e. The number of nitrogens with one attached hydrogen (secondary N) is 3. The van der Waals surface area contributed by atoms with Crippen LogP contribution in [0.3, 0.4) is 0 Å². The number of hydrogen-bond donors (Lipinski definition) is 5. The Morgan fingerprint density at radius 1 is 1.31 bits per heavy atom. The lowest BCUT2D eigenvalue weighted by Crippen LogP contribution is -2.45. The summed E-state index contributed by atoms with van der Waals surface area (Å²) < 4.78 is 16.3. The lowest BCUT2D eigenvalue weighted by atomic mass is 9.95. The van der Waals surface area contributed by atoms with Gasteiger partial charge in [0, 0.05) is 17.3 Å². The molecule has 0 aromatic heterocycles. The minimum atomic E-state index is -1.27. The van der Waals surface area contributed by atoms with E-state index < -0.39 is 40.6 Å². The number of rotatable bonds is 11. The van der Waals surface area contributed by atoms with Crippen LogP contribution in [-0.2, 0) is 9.53 Å². The summed E-state index contributed by atoms with van der Waals surface area (Å²) in [7, 11) is 1.25. The molecule has 0 saturated heterocycles. The number of carbonyl (C=O) groups excluding carboxylic acids is 2. The Labute approximate surface area is 230 Å². The van der Waals surface area contributed by atoms with Gasteiger partial charge in [0.2, 0.25) is 5.75 Å². The smallest absolute Gasteiger partial charge is 0.337 e. The number of aliphatic hydroxyl groups excluding tert-OH is 1. The zero-order chi connectivity index (χ0) is 28.7. The monoisotopic (exact) mass is 607 g/mol. The number of ether oxygens (including phenoxy) is 3. The summed E-state index contributed by atoms with van der Waals surface area (Å²) in [6.07, 6.45) is -0.0473. The molecule has 39 heavy (non-hydrogen) atoms. The van der Waals surface area contributed by atoms with E-state index in [1.165, 1.54) is 19.4 Å². The quantitative estimate of drug-likeness (QED) is 0.0832. The third-order valence-electron chi connectivity index (χ3n) is 5.37. The second kappa shape index (κ2) is 12.9. The van der Waals surface area contributed by atoms with Crippen LogP contribution < -0.4 is 25.5 Å². The molecule has 0 saturated carbocycles. The number of nitro groups is 1. The van der Waals surface area contributed by atoms with Crippen LogP contribution >= 0.6 is 15.9 Å². The molecule has 2 amide bonds. The third kappa shape index (κ3) is 7.14. The van der Waals surface area contributed by atoms with Gasteiger partial charge >= 0.3 is 17.7 Å². The fourth-order valence-electron chi connectivity index (χ4n) is 3.64. The summed E-state index contributed by atoms with van der Waals surface area (Å²) in [6, 6.07) is 6.08. The lowest BCUT2D eigenvalue weighted by Gasteiger charge is -2.28. The minimum absolute atomic E-state index is 0.113. The van der Waals surface area contributed by atoms with Crippen LogP contribution in [0.25, 0.3) is 0 Å². The van der Waals surface area contributed by atoms with Gasteiger partial charge in [-0.1, -0.05) is 6.07 Å². The number of esters is 1. The maximum Gasteiger partial charge on any atom is 0.337 e. The molecule has 5 N–H and O–H groups in total. The molecule has 3 rings (SSSR count). The lowest BCUT2D eigenvalue weighted by molar-refractivity contribution is -0.386. The van der Waals surface area contributed by atoms with Gasteiger partial charge in [0.25, 0.3) is 0 Å². The maximum absolute atomic E-state index is 12.4. The Balaban J connectivity index is 1.71. The molecule has 1 heterocycles. The highest BCUT2D eigenvalue weighted by atomic mass is 79.9. The van der Waals surface area contributed by atoms with Crippen LogP contribution in [0, 0.1) is 10.1 Å². The molecule has 0 radical (unpaired) electrons. The summed E-state index contributed by atoms with van der Waals surface area (Å²) in [5.41, 5.74) is 3.35. The van der Waals surface area contributed by atoms with E-state index in [1.54, 1.807) is 32.0 Å². The number of aromatic hydroxyl groups is 1. The number of phenolic OH excluding ortho intramolecular Hbond substituents is 1. The number of phenols is 1. The average Bonchev–Trinajstić information content (AvgIpc) is 2.89. The van der Waals surface area contributed by atoms with Crippen molar-refractivity contribution in [3.63, 3.8) is 0 Å². The van der Waals surface area contributed by atoms with Crippen LogP contribution in [0.5, 0.6) is 17.2 Å². The van der Waals surface area contributed by atoms with Crippen molar-refractivity contribution in [2.45, 2.75) is 26.1 Å². The van der Waals surface area contributed by atoms with Gasteiger partial charge in [-0.2, -0.15) is 5.10 Å². The van der Waals surface area contributed by atoms with Crippen molar-refractivity contribution >= 4 is 39.8 Å². The first kappa shape index (κ1) is 29.2. The highest BCUT2D eigenvalue weighted by molar-refractivity contribution is 9.10. The van der Waals surface area contributed by atoms with Gasteiger partial charge in [0.1, 0.15) is 6.61 Å². The molecule has 0 bridgehead atoms. The molecule has 2 aromatic carbocycles. The summed E-state index contributed by atoms with van der Waals surface area (Å²) in [5.74, 6) is -0.525. The van der Waals surface area contributed by atoms with Crippen molar-refractivity contribution in [1.29, 1.82) is 0 Å². The number of halogens is 1. The molecule has 0 unspecified atom stereocenters. The van der Waals surface area contributed by atoms with Crippen LogP contribution in [0.4, 0.5) is 10.5 Å². The van der Waals surface area contributed by atoms with E-state index in [0.29, 0.717) is 22.6 Å². The Kier molecular flexibility index (Phi) is 9.68. The highest BCUT2D eigenvalue weighted by Gasteiger charge is 2.32. The number of carbonyl (C=O) groups is 2. The number of nitro benzene ring substituents is 1. The number of nitrogens with zero attached hydrogens (tertiary/aromatic N) is 2. The van der Waals surface area contributed by atoms with Crippen molar-refractivity contribution < 1.29 is 38.9 Å². The van der Waals surface area contributed by atoms with Crippen molar-refractivity contribution in [1.82, 2.24) is 16.1 Å². The van der Waals surface area contributed by atoms with E-state index in [4.69, 9.17) is 14.2 Å². The number of hydrogen-bond acceptors (Lipinski definition) is 11. The molecule has 14 nitrogen and oxygen atoms in total. The number of methoxy groups -OCH3 is 1. The number of amides is 2. The molecule has 2 aromatic rings. The summed E-state index contributed by atoms with van der Waals surface area (Å²) in [6.45, 7) is 3.39. The zero-order valence-corrected chi connectivity index (χ0v) is 22.6. The maximum atomic E-state index is 12.4. The molecule has 0 spiro atoms. The number of benzene rings is 2. The van der Waals surface area contributed by atoms with E-state index in [1.807, 2.05) is 0 Å². The first-order valence-electron chi connectivity index (χ1n) is 11.4. The fraction of sp³-hybridized carbons (Fsp3) is 0.292. The molecule has 15 heteroatoms. The van der Waals surface area contributed by atoms with Gasteiger partial charge in [-0.3, -0.25) is 15.5 Å². The second-order valence-electron chi connectivity index (χ2n) is 8.04. The van der Waals surface area contributed by atoms with Gasteiger partial charge in [-0.05, 0) is 53.5 Å². The van der Waals surface area contributed by atoms with Gasteiger partial charge < -0.3 is 35.1 Å². The van der Waals surface area contributed by atoms with Crippen molar-refractivity contribution in [3.05, 3.63) is 67.3 Å². The molecular weight excluding hydrogens is 582 g/mol. The van der Waals surface area contributed by atoms with Crippen molar-refractivity contribution in [2.24, 2.45) is 5.10 Å². The predicted molar refractivity (Wildman–Crippen MR) is 141 cm³/mol. The van der Waals surface area contributed by atoms with E-state index in [2.05, 4.69) is 37.1 Å². The molecule has 2 atom stereocenters. The standard InChI is InChI=1S/C24H26BrN5O9/c1-4-38-18-9-14(21-20(23(33)37-3)12(2)27-24(34)28-21)5-6-17(18)39-11-19(31)29-26-10-13-7-15(25)22(32)16(8-13)30(35)36/h5-10,19,21,29,31-32H,4,11H2,1-3H3,(H2,27,28,34)/b26-10-/t19-,21-/m0/s1. The summed E-state index contributed by atoms with van der Waals surface area (Å²) >= 11 is 3.04. The molecule has 1 aliphatic heterocycles. The number of urea groups is 1. The predicted octanol–water partition coefficient (Wildman–Crippen LogP) is 2.58. The highest BCUT2D eigenvalue weighted by Crippen LogP contribution is 2.36. The number of allylic oxidation sites excluding steroid dienone is 1.